The Kier molecular flexibility index (Phi) is 4.60. The van der Waals surface area contributed by atoms with Crippen molar-refractivity contribution in [1.82, 2.24) is 19.5 Å². The first kappa shape index (κ1) is 15.1. The third-order valence-electron chi connectivity index (χ3n) is 3.71. The highest BCUT2D eigenvalue weighted by Gasteiger charge is 2.13. The van der Waals surface area contributed by atoms with Crippen molar-refractivity contribution >= 4 is 17.5 Å². The minimum atomic E-state index is -0.330. The predicted octanol–water partition coefficient (Wildman–Crippen LogP) is 0.662. The van der Waals surface area contributed by atoms with E-state index in [1.807, 2.05) is 0 Å². The summed E-state index contributed by atoms with van der Waals surface area (Å²) in [5.74, 6) is 0.916. The summed E-state index contributed by atoms with van der Waals surface area (Å²) < 4.78 is 1.24. The maximum Gasteiger partial charge on any atom is 0.253 e. The van der Waals surface area contributed by atoms with E-state index in [0.717, 1.165) is 31.7 Å². The maximum atomic E-state index is 12.0. The molecule has 0 radical (unpaired) electrons. The van der Waals surface area contributed by atoms with E-state index in [0.29, 0.717) is 5.82 Å². The van der Waals surface area contributed by atoms with Crippen LogP contribution in [0.5, 0.6) is 0 Å². The summed E-state index contributed by atoms with van der Waals surface area (Å²) in [5.41, 5.74) is -0.271. The van der Waals surface area contributed by atoms with Crippen molar-refractivity contribution in [3.63, 3.8) is 0 Å². The molecule has 120 valence electrons. The molecule has 1 N–H and O–H groups in total. The van der Waals surface area contributed by atoms with Crippen LogP contribution in [0.3, 0.4) is 0 Å². The summed E-state index contributed by atoms with van der Waals surface area (Å²) in [6.45, 7) is 1.83. The zero-order chi connectivity index (χ0) is 16.1. The molecule has 0 bridgehead atoms. The molecular formula is C15H18N6O2. The van der Waals surface area contributed by atoms with E-state index in [2.05, 4.69) is 25.2 Å². The van der Waals surface area contributed by atoms with Crippen LogP contribution >= 0.6 is 0 Å². The fourth-order valence-electron chi connectivity index (χ4n) is 2.55. The van der Waals surface area contributed by atoms with Crippen molar-refractivity contribution in [2.45, 2.75) is 25.8 Å². The molecular weight excluding hydrogens is 296 g/mol. The zero-order valence-corrected chi connectivity index (χ0v) is 12.7. The minimum Gasteiger partial charge on any atom is -0.356 e. The molecule has 2 aromatic rings. The molecule has 3 rings (SSSR count). The lowest BCUT2D eigenvalue weighted by atomic mass is 10.1. The summed E-state index contributed by atoms with van der Waals surface area (Å²) in [6, 6.07) is 3.07. The van der Waals surface area contributed by atoms with Gasteiger partial charge in [-0.3, -0.25) is 14.2 Å². The molecule has 1 amide bonds. The van der Waals surface area contributed by atoms with Gasteiger partial charge in [0.25, 0.3) is 5.56 Å². The largest absolute Gasteiger partial charge is 0.356 e. The second-order valence-electron chi connectivity index (χ2n) is 5.40. The van der Waals surface area contributed by atoms with Gasteiger partial charge in [-0.05, 0) is 19.3 Å². The lowest BCUT2D eigenvalue weighted by Gasteiger charge is -2.27. The molecule has 0 atom stereocenters. The molecule has 0 unspecified atom stereocenters. The number of piperidine rings is 1. The van der Waals surface area contributed by atoms with Crippen LogP contribution < -0.4 is 15.8 Å². The van der Waals surface area contributed by atoms with Gasteiger partial charge in [-0.15, -0.1) is 0 Å². The number of carbonyl (C=O) groups is 1. The van der Waals surface area contributed by atoms with Crippen LogP contribution in [0.1, 0.15) is 19.3 Å². The van der Waals surface area contributed by atoms with Gasteiger partial charge in [0.1, 0.15) is 24.5 Å². The molecule has 23 heavy (non-hydrogen) atoms. The van der Waals surface area contributed by atoms with Crippen molar-refractivity contribution in [2.24, 2.45) is 0 Å². The molecule has 1 aliphatic rings. The number of aromatic nitrogens is 4. The molecule has 0 spiro atoms. The normalized spacial score (nSPS) is 14.5. The average Bonchev–Trinajstić information content (AvgIpc) is 2.58. The molecule has 0 aromatic carbocycles. The van der Waals surface area contributed by atoms with Gasteiger partial charge in [-0.2, -0.15) is 0 Å². The monoisotopic (exact) mass is 314 g/mol. The quantitative estimate of drug-likeness (QED) is 0.891. The lowest BCUT2D eigenvalue weighted by Crippen LogP contribution is -2.30. The first-order chi connectivity index (χ1) is 11.2. The summed E-state index contributed by atoms with van der Waals surface area (Å²) in [4.78, 5) is 38.0. The van der Waals surface area contributed by atoms with E-state index in [4.69, 9.17) is 0 Å². The Labute approximate surface area is 133 Å². The van der Waals surface area contributed by atoms with Gasteiger partial charge in [0, 0.05) is 31.4 Å². The second-order valence-corrected chi connectivity index (χ2v) is 5.40. The Morgan fingerprint density at radius 2 is 2.04 bits per heavy atom. The second kappa shape index (κ2) is 6.99. The summed E-state index contributed by atoms with van der Waals surface area (Å²) in [5, 5.41) is 2.69. The topological polar surface area (TPSA) is 93.0 Å². The molecule has 1 saturated heterocycles. The Hall–Kier alpha value is -2.77. The van der Waals surface area contributed by atoms with Crippen LogP contribution in [0, 0.1) is 0 Å². The Morgan fingerprint density at radius 1 is 1.22 bits per heavy atom. The molecule has 0 saturated carbocycles. The summed E-state index contributed by atoms with van der Waals surface area (Å²) in [6.07, 6.45) is 7.71. The zero-order valence-electron chi connectivity index (χ0n) is 12.7. The summed E-state index contributed by atoms with van der Waals surface area (Å²) >= 11 is 0. The highest BCUT2D eigenvalue weighted by molar-refractivity contribution is 5.89. The first-order valence-electron chi connectivity index (χ1n) is 7.60. The highest BCUT2D eigenvalue weighted by atomic mass is 16.2. The van der Waals surface area contributed by atoms with Crippen LogP contribution in [-0.2, 0) is 11.3 Å². The molecule has 0 aliphatic carbocycles. The number of hydrogen-bond donors (Lipinski definition) is 1. The van der Waals surface area contributed by atoms with Gasteiger partial charge >= 0.3 is 0 Å². The number of carbonyl (C=O) groups excluding carboxylic acids is 1. The average molecular weight is 314 g/mol. The Balaban J connectivity index is 1.66. The van der Waals surface area contributed by atoms with E-state index in [-0.39, 0.29) is 18.0 Å². The maximum absolute atomic E-state index is 12.0. The van der Waals surface area contributed by atoms with Crippen LogP contribution in [0.15, 0.2) is 35.8 Å². The molecule has 8 heteroatoms. The fourth-order valence-corrected chi connectivity index (χ4v) is 2.55. The molecule has 3 heterocycles. The van der Waals surface area contributed by atoms with Crippen molar-refractivity contribution in [1.29, 1.82) is 0 Å². The number of anilines is 2. The Bertz CT molecular complexity index is 738. The number of amides is 1. The van der Waals surface area contributed by atoms with Gasteiger partial charge < -0.3 is 10.2 Å². The van der Waals surface area contributed by atoms with Crippen molar-refractivity contribution in [3.8, 4) is 0 Å². The third kappa shape index (κ3) is 3.91. The lowest BCUT2D eigenvalue weighted by molar-refractivity contribution is -0.116. The highest BCUT2D eigenvalue weighted by Crippen LogP contribution is 2.18. The fraction of sp³-hybridized carbons (Fsp3) is 0.400. The van der Waals surface area contributed by atoms with Gasteiger partial charge in [0.2, 0.25) is 5.91 Å². The number of nitrogens with one attached hydrogen (secondary N) is 1. The predicted molar refractivity (Wildman–Crippen MR) is 85.2 cm³/mol. The van der Waals surface area contributed by atoms with Crippen LogP contribution in [-0.4, -0.2) is 38.5 Å². The summed E-state index contributed by atoms with van der Waals surface area (Å²) in [7, 11) is 0. The van der Waals surface area contributed by atoms with Crippen molar-refractivity contribution < 1.29 is 4.79 Å². The number of nitrogens with zero attached hydrogens (tertiary/aromatic N) is 5. The molecule has 2 aromatic heterocycles. The molecule has 1 aliphatic heterocycles. The third-order valence-corrected chi connectivity index (χ3v) is 3.71. The molecule has 8 nitrogen and oxygen atoms in total. The smallest absolute Gasteiger partial charge is 0.253 e. The van der Waals surface area contributed by atoms with Gasteiger partial charge in [-0.25, -0.2) is 15.0 Å². The Morgan fingerprint density at radius 3 is 2.83 bits per heavy atom. The van der Waals surface area contributed by atoms with E-state index >= 15 is 0 Å². The van der Waals surface area contributed by atoms with E-state index in [1.54, 1.807) is 6.07 Å². The standard InChI is InChI=1S/C15H18N6O2/c22-14(9-21-11-16-5-4-15(21)23)19-12-8-13(18-10-17-12)20-6-2-1-3-7-20/h4-5,8,10-11H,1-3,6-7,9H2,(H,17,18,19,22). The number of hydrogen-bond acceptors (Lipinski definition) is 6. The van der Waals surface area contributed by atoms with Crippen molar-refractivity contribution in [2.75, 3.05) is 23.3 Å². The van der Waals surface area contributed by atoms with E-state index < -0.39 is 0 Å². The van der Waals surface area contributed by atoms with Gasteiger partial charge in [0.05, 0.1) is 6.33 Å². The van der Waals surface area contributed by atoms with E-state index in [9.17, 15) is 9.59 Å². The van der Waals surface area contributed by atoms with Gasteiger partial charge in [-0.1, -0.05) is 0 Å². The minimum absolute atomic E-state index is 0.101. The van der Waals surface area contributed by atoms with Crippen LogP contribution in [0.25, 0.3) is 0 Å². The van der Waals surface area contributed by atoms with Gasteiger partial charge in [0.15, 0.2) is 0 Å². The van der Waals surface area contributed by atoms with Crippen LogP contribution in [0.4, 0.5) is 11.6 Å². The SMILES string of the molecule is O=C(Cn1cnccc1=O)Nc1cc(N2CCCCC2)ncn1. The first-order valence-corrected chi connectivity index (χ1v) is 7.60. The van der Waals surface area contributed by atoms with Crippen molar-refractivity contribution in [3.05, 3.63) is 41.3 Å². The molecule has 1 fully saturated rings. The number of rotatable bonds is 4. The van der Waals surface area contributed by atoms with Crippen LogP contribution in [0.2, 0.25) is 0 Å². The van der Waals surface area contributed by atoms with E-state index in [1.165, 1.54) is 35.9 Å².